The van der Waals surface area contributed by atoms with Gasteiger partial charge in [0.1, 0.15) is 5.75 Å². The molecule has 1 aliphatic carbocycles. The van der Waals surface area contributed by atoms with Crippen LogP contribution in [0.15, 0.2) is 34.3 Å². The number of nitrogens with one attached hydrogen (secondary N) is 1. The Bertz CT molecular complexity index is 715. The van der Waals surface area contributed by atoms with E-state index in [1.165, 1.54) is 11.8 Å². The summed E-state index contributed by atoms with van der Waals surface area (Å²) >= 11 is 1.19. The Morgan fingerprint density at radius 3 is 3.00 bits per heavy atom. The van der Waals surface area contributed by atoms with E-state index in [0.29, 0.717) is 16.6 Å². The molecule has 1 aromatic rings. The van der Waals surface area contributed by atoms with Crippen LogP contribution in [0.25, 0.3) is 0 Å². The lowest BCUT2D eigenvalue weighted by Gasteiger charge is -2.24. The number of ether oxygens (including phenoxy) is 1. The highest BCUT2D eigenvalue weighted by molar-refractivity contribution is 8.14. The number of hydrogen-bond donors (Lipinski definition) is 1. The largest absolute Gasteiger partial charge is 0.495 e. The minimum atomic E-state index is -0.189. The monoisotopic (exact) mass is 345 g/mol. The predicted octanol–water partition coefficient (Wildman–Crippen LogP) is 2.89. The second-order valence-electron chi connectivity index (χ2n) is 5.67. The Labute approximate surface area is 144 Å². The molecule has 1 atom stereocenters. The summed E-state index contributed by atoms with van der Waals surface area (Å²) in [5, 5.41) is 3.19. The van der Waals surface area contributed by atoms with Gasteiger partial charge in [0, 0.05) is 5.71 Å². The highest BCUT2D eigenvalue weighted by Crippen LogP contribution is 2.28. The number of para-hydroxylation sites is 2. The van der Waals surface area contributed by atoms with Crippen LogP contribution in [0.5, 0.6) is 5.75 Å². The number of benzene rings is 1. The van der Waals surface area contributed by atoms with Crippen molar-refractivity contribution in [2.75, 3.05) is 18.2 Å². The molecule has 1 aliphatic heterocycles. The Hall–Kier alpha value is -2.15. The van der Waals surface area contributed by atoms with E-state index in [4.69, 9.17) is 4.74 Å². The maximum Gasteiger partial charge on any atom is 0.256 e. The minimum Gasteiger partial charge on any atom is -0.495 e. The van der Waals surface area contributed by atoms with Gasteiger partial charge in [-0.3, -0.25) is 9.59 Å². The molecule has 3 rings (SSSR count). The first-order valence-corrected chi connectivity index (χ1v) is 8.91. The van der Waals surface area contributed by atoms with Crippen LogP contribution in [-0.4, -0.2) is 35.6 Å². The summed E-state index contributed by atoms with van der Waals surface area (Å²) in [7, 11) is 1.55. The van der Waals surface area contributed by atoms with Crippen molar-refractivity contribution >= 4 is 40.1 Å². The molecule has 1 heterocycles. The van der Waals surface area contributed by atoms with Crippen molar-refractivity contribution in [3.05, 3.63) is 24.3 Å². The summed E-state index contributed by atoms with van der Waals surface area (Å²) < 4.78 is 5.20. The summed E-state index contributed by atoms with van der Waals surface area (Å²) in [6.07, 6.45) is 3.81. The van der Waals surface area contributed by atoms with Gasteiger partial charge < -0.3 is 10.1 Å². The summed E-state index contributed by atoms with van der Waals surface area (Å²) in [4.78, 5) is 32.7. The maximum atomic E-state index is 12.1. The standard InChI is InChI=1S/C17H19N3O3S/c1-23-14-9-5-4-8-13(14)18-15(21)10-24-17-19-12-7-3-2-6-11(12)16(22)20-17/h4-5,8-9,11H,2-3,6-7,10H2,1H3,(H,18,21). The van der Waals surface area contributed by atoms with Crippen LogP contribution < -0.4 is 10.1 Å². The number of amides is 2. The van der Waals surface area contributed by atoms with E-state index in [1.807, 2.05) is 12.1 Å². The lowest BCUT2D eigenvalue weighted by atomic mass is 9.86. The Balaban J connectivity index is 1.58. The van der Waals surface area contributed by atoms with Crippen LogP contribution in [0, 0.1) is 5.92 Å². The van der Waals surface area contributed by atoms with E-state index in [-0.39, 0.29) is 23.5 Å². The molecule has 2 aliphatic rings. The molecule has 1 fully saturated rings. The number of carbonyl (C=O) groups is 2. The Morgan fingerprint density at radius 1 is 1.33 bits per heavy atom. The second kappa shape index (κ2) is 7.61. The third kappa shape index (κ3) is 3.84. The molecular formula is C17H19N3O3S. The van der Waals surface area contributed by atoms with Gasteiger partial charge in [0.05, 0.1) is 24.5 Å². The number of amidine groups is 1. The first kappa shape index (κ1) is 16.7. The lowest BCUT2D eigenvalue weighted by Crippen LogP contribution is -2.30. The van der Waals surface area contributed by atoms with Gasteiger partial charge in [0.25, 0.3) is 5.91 Å². The van der Waals surface area contributed by atoms with Crippen LogP contribution in [0.1, 0.15) is 25.7 Å². The van der Waals surface area contributed by atoms with Crippen molar-refractivity contribution in [2.45, 2.75) is 25.7 Å². The van der Waals surface area contributed by atoms with Crippen molar-refractivity contribution in [2.24, 2.45) is 15.9 Å². The van der Waals surface area contributed by atoms with E-state index in [2.05, 4.69) is 15.3 Å². The highest BCUT2D eigenvalue weighted by atomic mass is 32.2. The van der Waals surface area contributed by atoms with Crippen molar-refractivity contribution in [3.63, 3.8) is 0 Å². The fourth-order valence-electron chi connectivity index (χ4n) is 2.84. The first-order chi connectivity index (χ1) is 11.7. The third-order valence-corrected chi connectivity index (χ3v) is 4.88. The van der Waals surface area contributed by atoms with Gasteiger partial charge in [-0.15, -0.1) is 0 Å². The van der Waals surface area contributed by atoms with E-state index in [9.17, 15) is 9.59 Å². The molecular weight excluding hydrogens is 326 g/mol. The fourth-order valence-corrected chi connectivity index (χ4v) is 3.51. The molecule has 1 saturated carbocycles. The number of rotatable bonds is 4. The first-order valence-electron chi connectivity index (χ1n) is 7.93. The quantitative estimate of drug-likeness (QED) is 0.910. The van der Waals surface area contributed by atoms with E-state index >= 15 is 0 Å². The molecule has 0 bridgehead atoms. The zero-order chi connectivity index (χ0) is 16.9. The van der Waals surface area contributed by atoms with Crippen molar-refractivity contribution in [3.8, 4) is 5.75 Å². The molecule has 1 unspecified atom stereocenters. The number of hydrogen-bond acceptors (Lipinski definition) is 5. The molecule has 0 aromatic heterocycles. The Morgan fingerprint density at radius 2 is 2.17 bits per heavy atom. The normalized spacial score (nSPS) is 19.9. The van der Waals surface area contributed by atoms with E-state index in [0.717, 1.165) is 31.4 Å². The summed E-state index contributed by atoms with van der Waals surface area (Å²) in [6, 6.07) is 7.21. The van der Waals surface area contributed by atoms with Gasteiger partial charge in [-0.1, -0.05) is 30.3 Å². The van der Waals surface area contributed by atoms with Crippen molar-refractivity contribution in [1.82, 2.24) is 0 Å². The number of aliphatic imine (C=N–C) groups is 2. The van der Waals surface area contributed by atoms with Gasteiger partial charge in [-0.2, -0.15) is 4.99 Å². The fraction of sp³-hybridized carbons (Fsp3) is 0.412. The molecule has 1 N–H and O–H groups in total. The van der Waals surface area contributed by atoms with Crippen molar-refractivity contribution < 1.29 is 14.3 Å². The number of anilines is 1. The summed E-state index contributed by atoms with van der Waals surface area (Å²) in [6.45, 7) is 0. The third-order valence-electron chi connectivity index (χ3n) is 4.03. The zero-order valence-electron chi connectivity index (χ0n) is 13.4. The zero-order valence-corrected chi connectivity index (χ0v) is 14.3. The van der Waals surface area contributed by atoms with Crippen LogP contribution in [0.4, 0.5) is 5.69 Å². The molecule has 6 nitrogen and oxygen atoms in total. The average Bonchev–Trinajstić information content (AvgIpc) is 2.60. The van der Waals surface area contributed by atoms with Crippen molar-refractivity contribution in [1.29, 1.82) is 0 Å². The van der Waals surface area contributed by atoms with E-state index in [1.54, 1.807) is 19.2 Å². The second-order valence-corrected chi connectivity index (χ2v) is 6.61. The number of methoxy groups -OCH3 is 1. The van der Waals surface area contributed by atoms with Crippen LogP contribution >= 0.6 is 11.8 Å². The molecule has 0 saturated heterocycles. The van der Waals surface area contributed by atoms with E-state index < -0.39 is 0 Å². The van der Waals surface area contributed by atoms with Gasteiger partial charge >= 0.3 is 0 Å². The van der Waals surface area contributed by atoms with Crippen LogP contribution in [0.2, 0.25) is 0 Å². The molecule has 0 spiro atoms. The lowest BCUT2D eigenvalue weighted by molar-refractivity contribution is -0.120. The molecule has 24 heavy (non-hydrogen) atoms. The van der Waals surface area contributed by atoms with Crippen LogP contribution in [0.3, 0.4) is 0 Å². The Kier molecular flexibility index (Phi) is 5.30. The predicted molar refractivity (Wildman–Crippen MR) is 95.9 cm³/mol. The minimum absolute atomic E-state index is 0.118. The van der Waals surface area contributed by atoms with Gasteiger partial charge in [-0.05, 0) is 31.4 Å². The number of thioether (sulfide) groups is 1. The molecule has 126 valence electrons. The molecule has 2 amide bonds. The van der Waals surface area contributed by atoms with Gasteiger partial charge in [0.2, 0.25) is 5.91 Å². The SMILES string of the molecule is COc1ccccc1NC(=O)CSC1=NC(=O)C2CCCCC2=N1. The average molecular weight is 345 g/mol. The number of carbonyl (C=O) groups excluding carboxylic acids is 2. The summed E-state index contributed by atoms with van der Waals surface area (Å²) in [5.74, 6) is 0.306. The van der Waals surface area contributed by atoms with Crippen LogP contribution in [-0.2, 0) is 9.59 Å². The molecule has 1 aromatic carbocycles. The topological polar surface area (TPSA) is 80.1 Å². The summed E-state index contributed by atoms with van der Waals surface area (Å²) in [5.41, 5.74) is 1.54. The highest BCUT2D eigenvalue weighted by Gasteiger charge is 2.30. The van der Waals surface area contributed by atoms with Gasteiger partial charge in [-0.25, -0.2) is 4.99 Å². The smallest absolute Gasteiger partial charge is 0.256 e. The molecule has 7 heteroatoms. The molecule has 0 radical (unpaired) electrons. The maximum absolute atomic E-state index is 12.1. The van der Waals surface area contributed by atoms with Gasteiger partial charge in [0.15, 0.2) is 5.17 Å². The number of nitrogens with zero attached hydrogens (tertiary/aromatic N) is 2. The number of fused-ring (bicyclic) bond motifs is 1.